The molecule has 0 aromatic heterocycles. The SMILES string of the molecule is Cc1ccccc1CN(C)CC1(CCN)CC1. The van der Waals surface area contributed by atoms with Crippen molar-refractivity contribution in [3.05, 3.63) is 35.4 Å². The number of hydrogen-bond acceptors (Lipinski definition) is 2. The summed E-state index contributed by atoms with van der Waals surface area (Å²) in [5, 5.41) is 0. The molecule has 0 radical (unpaired) electrons. The second kappa shape index (κ2) is 5.19. The first-order valence-electron chi connectivity index (χ1n) is 6.58. The summed E-state index contributed by atoms with van der Waals surface area (Å²) in [7, 11) is 2.23. The van der Waals surface area contributed by atoms with E-state index in [9.17, 15) is 0 Å². The lowest BCUT2D eigenvalue weighted by Gasteiger charge is -2.24. The minimum Gasteiger partial charge on any atom is -0.330 e. The molecule has 1 aliphatic rings. The summed E-state index contributed by atoms with van der Waals surface area (Å²) >= 11 is 0. The van der Waals surface area contributed by atoms with Crippen LogP contribution < -0.4 is 5.73 Å². The number of benzene rings is 1. The van der Waals surface area contributed by atoms with Crippen LogP contribution in [0, 0.1) is 12.3 Å². The Balaban J connectivity index is 1.89. The molecule has 1 aromatic rings. The van der Waals surface area contributed by atoms with Gasteiger partial charge in [0, 0.05) is 13.1 Å². The van der Waals surface area contributed by atoms with E-state index in [0.717, 1.165) is 13.1 Å². The fourth-order valence-corrected chi connectivity index (χ4v) is 2.68. The van der Waals surface area contributed by atoms with Crippen LogP contribution >= 0.6 is 0 Å². The number of hydrogen-bond donors (Lipinski definition) is 1. The molecule has 1 fully saturated rings. The number of aryl methyl sites for hydroxylation is 1. The van der Waals surface area contributed by atoms with Gasteiger partial charge in [0.05, 0.1) is 0 Å². The zero-order valence-corrected chi connectivity index (χ0v) is 11.1. The van der Waals surface area contributed by atoms with Gasteiger partial charge >= 0.3 is 0 Å². The van der Waals surface area contributed by atoms with Gasteiger partial charge in [-0.25, -0.2) is 0 Å². The van der Waals surface area contributed by atoms with Gasteiger partial charge in [-0.2, -0.15) is 0 Å². The first-order chi connectivity index (χ1) is 8.15. The van der Waals surface area contributed by atoms with Crippen molar-refractivity contribution in [2.75, 3.05) is 20.1 Å². The molecule has 0 bridgehead atoms. The maximum Gasteiger partial charge on any atom is 0.0233 e. The van der Waals surface area contributed by atoms with E-state index in [0.29, 0.717) is 5.41 Å². The first-order valence-corrected chi connectivity index (χ1v) is 6.58. The Kier molecular flexibility index (Phi) is 3.85. The zero-order chi connectivity index (χ0) is 12.3. The van der Waals surface area contributed by atoms with E-state index < -0.39 is 0 Å². The summed E-state index contributed by atoms with van der Waals surface area (Å²) in [6.07, 6.45) is 3.91. The summed E-state index contributed by atoms with van der Waals surface area (Å²) in [5.74, 6) is 0. The van der Waals surface area contributed by atoms with E-state index in [-0.39, 0.29) is 0 Å². The standard InChI is InChI=1S/C15H24N2/c1-13-5-3-4-6-14(13)11-17(2)12-15(7-8-15)9-10-16/h3-6H,7-12,16H2,1-2H3. The number of nitrogens with zero attached hydrogens (tertiary/aromatic N) is 1. The van der Waals surface area contributed by atoms with E-state index in [1.807, 2.05) is 0 Å². The summed E-state index contributed by atoms with van der Waals surface area (Å²) in [6.45, 7) is 5.27. The van der Waals surface area contributed by atoms with Crippen LogP contribution in [0.1, 0.15) is 30.4 Å². The van der Waals surface area contributed by atoms with Crippen molar-refractivity contribution in [1.29, 1.82) is 0 Å². The normalized spacial score (nSPS) is 17.4. The van der Waals surface area contributed by atoms with Crippen LogP contribution in [0.5, 0.6) is 0 Å². The molecule has 0 unspecified atom stereocenters. The van der Waals surface area contributed by atoms with Crippen molar-refractivity contribution in [2.24, 2.45) is 11.1 Å². The van der Waals surface area contributed by atoms with Crippen LogP contribution in [-0.4, -0.2) is 25.0 Å². The van der Waals surface area contributed by atoms with Crippen LogP contribution in [0.2, 0.25) is 0 Å². The molecule has 1 aliphatic carbocycles. The van der Waals surface area contributed by atoms with Crippen LogP contribution in [0.3, 0.4) is 0 Å². The van der Waals surface area contributed by atoms with Crippen LogP contribution in [0.25, 0.3) is 0 Å². The third-order valence-corrected chi connectivity index (χ3v) is 3.94. The fourth-order valence-electron chi connectivity index (χ4n) is 2.68. The highest BCUT2D eigenvalue weighted by Gasteiger charge is 2.42. The van der Waals surface area contributed by atoms with Crippen molar-refractivity contribution in [3.8, 4) is 0 Å². The van der Waals surface area contributed by atoms with Gasteiger partial charge in [0.15, 0.2) is 0 Å². The van der Waals surface area contributed by atoms with E-state index in [1.165, 1.54) is 36.9 Å². The topological polar surface area (TPSA) is 29.3 Å². The van der Waals surface area contributed by atoms with Gasteiger partial charge in [0.1, 0.15) is 0 Å². The first kappa shape index (κ1) is 12.6. The molecule has 0 amide bonds. The van der Waals surface area contributed by atoms with E-state index in [2.05, 4.69) is 43.1 Å². The molecule has 2 nitrogen and oxygen atoms in total. The molecule has 0 heterocycles. The highest BCUT2D eigenvalue weighted by Crippen LogP contribution is 2.48. The van der Waals surface area contributed by atoms with E-state index in [1.54, 1.807) is 0 Å². The predicted molar refractivity (Wildman–Crippen MR) is 72.9 cm³/mol. The lowest BCUT2D eigenvalue weighted by atomic mass is 10.0. The molecule has 2 N–H and O–H groups in total. The quantitative estimate of drug-likeness (QED) is 0.816. The Hall–Kier alpha value is -0.860. The van der Waals surface area contributed by atoms with Crippen LogP contribution in [-0.2, 0) is 6.54 Å². The average molecular weight is 232 g/mol. The third-order valence-electron chi connectivity index (χ3n) is 3.94. The van der Waals surface area contributed by atoms with Crippen LogP contribution in [0.4, 0.5) is 0 Å². The molecular formula is C15H24N2. The van der Waals surface area contributed by atoms with Gasteiger partial charge in [-0.05, 0) is 56.3 Å². The third kappa shape index (κ3) is 3.30. The second-order valence-corrected chi connectivity index (χ2v) is 5.64. The maximum atomic E-state index is 5.69. The van der Waals surface area contributed by atoms with Crippen molar-refractivity contribution in [3.63, 3.8) is 0 Å². The van der Waals surface area contributed by atoms with E-state index in [4.69, 9.17) is 5.73 Å². The predicted octanol–water partition coefficient (Wildman–Crippen LogP) is 2.56. The largest absolute Gasteiger partial charge is 0.330 e. The Morgan fingerprint density at radius 2 is 2.00 bits per heavy atom. The Labute approximate surface area is 105 Å². The minimum absolute atomic E-state index is 0.548. The molecule has 2 heteroatoms. The summed E-state index contributed by atoms with van der Waals surface area (Å²) in [6, 6.07) is 8.66. The Morgan fingerprint density at radius 1 is 1.29 bits per heavy atom. The Bertz CT molecular complexity index is 369. The molecule has 17 heavy (non-hydrogen) atoms. The van der Waals surface area contributed by atoms with Crippen molar-refractivity contribution in [1.82, 2.24) is 4.90 Å². The molecule has 94 valence electrons. The molecule has 1 saturated carbocycles. The summed E-state index contributed by atoms with van der Waals surface area (Å²) < 4.78 is 0. The zero-order valence-electron chi connectivity index (χ0n) is 11.1. The number of rotatable bonds is 6. The highest BCUT2D eigenvalue weighted by atomic mass is 15.1. The lowest BCUT2D eigenvalue weighted by molar-refractivity contribution is 0.248. The molecule has 0 aliphatic heterocycles. The second-order valence-electron chi connectivity index (χ2n) is 5.64. The van der Waals surface area contributed by atoms with Crippen molar-refractivity contribution < 1.29 is 0 Å². The minimum atomic E-state index is 0.548. The molecule has 2 rings (SSSR count). The lowest BCUT2D eigenvalue weighted by Crippen LogP contribution is -2.28. The smallest absolute Gasteiger partial charge is 0.0233 e. The van der Waals surface area contributed by atoms with Gasteiger partial charge < -0.3 is 10.6 Å². The number of nitrogens with two attached hydrogens (primary N) is 1. The molecule has 0 atom stereocenters. The maximum absolute atomic E-state index is 5.69. The van der Waals surface area contributed by atoms with Gasteiger partial charge in [-0.15, -0.1) is 0 Å². The van der Waals surface area contributed by atoms with Gasteiger partial charge in [-0.1, -0.05) is 24.3 Å². The molecule has 0 spiro atoms. The monoisotopic (exact) mass is 232 g/mol. The highest BCUT2D eigenvalue weighted by molar-refractivity contribution is 5.25. The fraction of sp³-hybridized carbons (Fsp3) is 0.600. The van der Waals surface area contributed by atoms with E-state index >= 15 is 0 Å². The molecular weight excluding hydrogens is 208 g/mol. The van der Waals surface area contributed by atoms with Gasteiger partial charge in [0.25, 0.3) is 0 Å². The van der Waals surface area contributed by atoms with Crippen molar-refractivity contribution >= 4 is 0 Å². The Morgan fingerprint density at radius 3 is 2.59 bits per heavy atom. The summed E-state index contributed by atoms with van der Waals surface area (Å²) in [5.41, 5.74) is 9.07. The van der Waals surface area contributed by atoms with Crippen molar-refractivity contribution in [2.45, 2.75) is 32.7 Å². The molecule has 1 aromatic carbocycles. The van der Waals surface area contributed by atoms with Crippen LogP contribution in [0.15, 0.2) is 24.3 Å². The average Bonchev–Trinajstić information content (AvgIpc) is 3.02. The van der Waals surface area contributed by atoms with Gasteiger partial charge in [-0.3, -0.25) is 0 Å². The summed E-state index contributed by atoms with van der Waals surface area (Å²) in [4.78, 5) is 2.45. The van der Waals surface area contributed by atoms with Gasteiger partial charge in [0.2, 0.25) is 0 Å². The molecule has 0 saturated heterocycles.